The minimum Gasteiger partial charge on any atom is -0.348 e. The van der Waals surface area contributed by atoms with Crippen LogP contribution in [0.15, 0.2) is 35.1 Å². The summed E-state index contributed by atoms with van der Waals surface area (Å²) in [6.45, 7) is 0.147. The van der Waals surface area contributed by atoms with Gasteiger partial charge in [0.05, 0.1) is 27.5 Å². The summed E-state index contributed by atoms with van der Waals surface area (Å²) >= 11 is 0. The number of hydrogen-bond donors (Lipinski definition) is 1. The van der Waals surface area contributed by atoms with Crippen LogP contribution < -0.4 is 10.9 Å². The Kier molecular flexibility index (Phi) is 6.11. The highest BCUT2D eigenvalue weighted by Crippen LogP contribution is 2.52. The highest BCUT2D eigenvalue weighted by molar-refractivity contribution is 7.93. The second-order valence-corrected chi connectivity index (χ2v) is 12.6. The zero-order chi connectivity index (χ0) is 27.3. The van der Waals surface area contributed by atoms with Crippen molar-refractivity contribution in [1.29, 1.82) is 10.5 Å². The first-order chi connectivity index (χ1) is 18.0. The van der Waals surface area contributed by atoms with Crippen molar-refractivity contribution in [3.63, 3.8) is 0 Å². The van der Waals surface area contributed by atoms with Gasteiger partial charge in [-0.1, -0.05) is 6.07 Å². The molecule has 0 unspecified atom stereocenters. The van der Waals surface area contributed by atoms with Crippen molar-refractivity contribution >= 4 is 21.7 Å². The number of nitrogens with zero attached hydrogens (tertiary/aromatic N) is 4. The summed E-state index contributed by atoms with van der Waals surface area (Å²) in [6.07, 6.45) is 1.99. The van der Waals surface area contributed by atoms with Crippen molar-refractivity contribution in [1.82, 2.24) is 14.8 Å². The fourth-order valence-corrected chi connectivity index (χ4v) is 7.31. The molecule has 1 N–H and O–H groups in total. The number of rotatable bonds is 8. The number of amides is 2. The molecule has 0 spiro atoms. The van der Waals surface area contributed by atoms with E-state index in [9.17, 15) is 32.5 Å². The molecule has 12 heteroatoms. The Balaban J connectivity index is 1.28. The van der Waals surface area contributed by atoms with Crippen LogP contribution in [0.5, 0.6) is 0 Å². The van der Waals surface area contributed by atoms with Gasteiger partial charge in [-0.25, -0.2) is 12.8 Å². The summed E-state index contributed by atoms with van der Waals surface area (Å²) in [6, 6.07) is 10.4. The SMILES string of the molecule is N#Cc1ccc(CNC(=O)c2ccc3n(c2=O)CCN(CC2(S(=O)(=O)CC4(C#N)CC4)CC2)C3=O)cc1F. The number of benzene rings is 1. The number of pyridine rings is 1. The van der Waals surface area contributed by atoms with Gasteiger partial charge in [0.2, 0.25) is 0 Å². The molecule has 2 aromatic rings. The van der Waals surface area contributed by atoms with E-state index in [2.05, 4.69) is 11.4 Å². The number of halogens is 1. The molecule has 3 aliphatic rings. The van der Waals surface area contributed by atoms with E-state index in [4.69, 9.17) is 5.26 Å². The average molecular weight is 538 g/mol. The predicted octanol–water partition coefficient (Wildman–Crippen LogP) is 1.50. The molecule has 2 fully saturated rings. The zero-order valence-corrected chi connectivity index (χ0v) is 21.2. The van der Waals surface area contributed by atoms with Crippen molar-refractivity contribution in [2.45, 2.75) is 43.5 Å². The first kappa shape index (κ1) is 25.6. The van der Waals surface area contributed by atoms with Gasteiger partial charge in [-0.2, -0.15) is 10.5 Å². The second-order valence-electron chi connectivity index (χ2n) is 10.3. The van der Waals surface area contributed by atoms with Gasteiger partial charge < -0.3 is 14.8 Å². The summed E-state index contributed by atoms with van der Waals surface area (Å²) in [5, 5.41) is 20.7. The number of carbonyl (C=O) groups excluding carboxylic acids is 2. The monoisotopic (exact) mass is 537 g/mol. The molecule has 0 saturated heterocycles. The van der Waals surface area contributed by atoms with E-state index in [1.807, 2.05) is 0 Å². The van der Waals surface area contributed by atoms with Crippen LogP contribution in [0.4, 0.5) is 4.39 Å². The van der Waals surface area contributed by atoms with Gasteiger partial charge >= 0.3 is 0 Å². The molecule has 0 bridgehead atoms. The van der Waals surface area contributed by atoms with Gasteiger partial charge in [-0.15, -0.1) is 0 Å². The highest BCUT2D eigenvalue weighted by Gasteiger charge is 2.60. The first-order valence-electron chi connectivity index (χ1n) is 12.2. The molecule has 2 saturated carbocycles. The van der Waals surface area contributed by atoms with Crippen LogP contribution in [-0.4, -0.2) is 53.3 Å². The molecule has 196 valence electrons. The number of fused-ring (bicyclic) bond motifs is 1. The van der Waals surface area contributed by atoms with Crippen molar-refractivity contribution in [2.75, 3.05) is 18.8 Å². The second kappa shape index (κ2) is 9.07. The molecular formula is C26H24FN5O5S. The Morgan fingerprint density at radius 3 is 2.42 bits per heavy atom. The summed E-state index contributed by atoms with van der Waals surface area (Å²) in [4.78, 5) is 40.3. The molecule has 10 nitrogen and oxygen atoms in total. The fourth-order valence-electron chi connectivity index (χ4n) is 4.84. The lowest BCUT2D eigenvalue weighted by Crippen LogP contribution is -2.50. The lowest BCUT2D eigenvalue weighted by Gasteiger charge is -2.32. The quantitative estimate of drug-likeness (QED) is 0.535. The molecule has 1 aromatic heterocycles. The van der Waals surface area contributed by atoms with Crippen molar-refractivity contribution in [3.05, 3.63) is 68.9 Å². The summed E-state index contributed by atoms with van der Waals surface area (Å²) in [5.41, 5.74) is -1.29. The van der Waals surface area contributed by atoms with Gasteiger partial charge in [-0.3, -0.25) is 14.4 Å². The molecule has 1 aliphatic heterocycles. The van der Waals surface area contributed by atoms with E-state index in [1.54, 1.807) is 6.07 Å². The lowest BCUT2D eigenvalue weighted by atomic mass is 10.1. The van der Waals surface area contributed by atoms with E-state index < -0.39 is 43.2 Å². The molecule has 5 rings (SSSR count). The van der Waals surface area contributed by atoms with Gasteiger partial charge in [0.1, 0.15) is 23.1 Å². The lowest BCUT2D eigenvalue weighted by molar-refractivity contribution is 0.0695. The maximum Gasteiger partial charge on any atom is 0.270 e. The van der Waals surface area contributed by atoms with Gasteiger partial charge in [-0.05, 0) is 55.5 Å². The topological polar surface area (TPSA) is 153 Å². The normalized spacial score (nSPS) is 18.6. The number of nitriles is 2. The smallest absolute Gasteiger partial charge is 0.270 e. The molecule has 38 heavy (non-hydrogen) atoms. The molecule has 2 amide bonds. The fraction of sp³-hybridized carbons (Fsp3) is 0.423. The van der Waals surface area contributed by atoms with E-state index in [0.717, 1.165) is 6.07 Å². The first-order valence-corrected chi connectivity index (χ1v) is 13.8. The Hall–Kier alpha value is -4.03. The average Bonchev–Trinajstić information content (AvgIpc) is 3.82. The van der Waals surface area contributed by atoms with Crippen LogP contribution in [0.2, 0.25) is 0 Å². The van der Waals surface area contributed by atoms with E-state index >= 15 is 0 Å². The number of sulfone groups is 1. The van der Waals surface area contributed by atoms with Crippen LogP contribution in [0, 0.1) is 33.9 Å². The van der Waals surface area contributed by atoms with Crippen LogP contribution in [-0.2, 0) is 22.9 Å². The number of aromatic nitrogens is 1. The molecule has 1 aromatic carbocycles. The van der Waals surface area contributed by atoms with Crippen molar-refractivity contribution < 1.29 is 22.4 Å². The third-order valence-corrected chi connectivity index (χ3v) is 10.4. The van der Waals surface area contributed by atoms with Gasteiger partial charge in [0.15, 0.2) is 9.84 Å². The molecule has 0 radical (unpaired) electrons. The Bertz CT molecular complexity index is 1610. The van der Waals surface area contributed by atoms with E-state index in [0.29, 0.717) is 31.2 Å². The van der Waals surface area contributed by atoms with Crippen LogP contribution in [0.25, 0.3) is 0 Å². The number of nitrogens with one attached hydrogen (secondary N) is 1. The molecular weight excluding hydrogens is 513 g/mol. The van der Waals surface area contributed by atoms with Gasteiger partial charge in [0.25, 0.3) is 17.4 Å². The number of hydrogen-bond acceptors (Lipinski definition) is 7. The van der Waals surface area contributed by atoms with E-state index in [1.165, 1.54) is 33.7 Å². The maximum atomic E-state index is 13.8. The Morgan fingerprint density at radius 2 is 1.82 bits per heavy atom. The summed E-state index contributed by atoms with van der Waals surface area (Å²) < 4.78 is 40.2. The Labute approximate surface area is 218 Å². The van der Waals surface area contributed by atoms with Crippen LogP contribution >= 0.6 is 0 Å². The van der Waals surface area contributed by atoms with Crippen LogP contribution in [0.1, 0.15) is 57.7 Å². The third-order valence-electron chi connectivity index (χ3n) is 7.63. The highest BCUT2D eigenvalue weighted by atomic mass is 32.2. The zero-order valence-electron chi connectivity index (χ0n) is 20.4. The van der Waals surface area contributed by atoms with Crippen molar-refractivity contribution in [2.24, 2.45) is 5.41 Å². The van der Waals surface area contributed by atoms with Gasteiger partial charge in [0, 0.05) is 26.2 Å². The molecule has 2 aliphatic carbocycles. The number of carbonyl (C=O) groups is 2. The minimum absolute atomic E-state index is 0.00720. The van der Waals surface area contributed by atoms with E-state index in [-0.39, 0.29) is 48.8 Å². The summed E-state index contributed by atoms with van der Waals surface area (Å²) in [7, 11) is -3.60. The van der Waals surface area contributed by atoms with Crippen molar-refractivity contribution in [3.8, 4) is 12.1 Å². The van der Waals surface area contributed by atoms with Crippen LogP contribution in [0.3, 0.4) is 0 Å². The Morgan fingerprint density at radius 1 is 1.08 bits per heavy atom. The minimum atomic E-state index is -3.60. The third kappa shape index (κ3) is 4.45. The summed E-state index contributed by atoms with van der Waals surface area (Å²) in [5.74, 6) is -2.09. The standard InChI is InChI=1S/C26H24FN5O5S/c27-20-11-17(1-2-18(20)12-28)13-30-22(33)19-3-4-21-24(35)31(9-10-32(21)23(19)34)15-26(7-8-26)38(36,37)16-25(14-29)5-6-25/h1-4,11H,5-10,13,15-16H2,(H,30,33). The largest absolute Gasteiger partial charge is 0.348 e. The predicted molar refractivity (Wildman–Crippen MR) is 132 cm³/mol. The molecule has 2 heterocycles. The molecule has 0 atom stereocenters. The maximum absolute atomic E-state index is 13.8.